The number of amides is 1. The van der Waals surface area contributed by atoms with Crippen LogP contribution in [0.2, 0.25) is 0 Å². The Morgan fingerprint density at radius 3 is 2.41 bits per heavy atom. The van der Waals surface area contributed by atoms with E-state index in [1.807, 2.05) is 49.2 Å². The van der Waals surface area contributed by atoms with Crippen LogP contribution in [-0.2, 0) is 14.1 Å². The summed E-state index contributed by atoms with van der Waals surface area (Å²) >= 11 is 0. The first kappa shape index (κ1) is 23.0. The number of hydrogen-bond donors (Lipinski definition) is 2. The minimum Gasteiger partial charge on any atom is -0.399 e. The fraction of sp³-hybridized carbons (Fsp3) is 0.583. The molecule has 2 atom stereocenters. The van der Waals surface area contributed by atoms with Crippen molar-refractivity contribution in [3.8, 4) is 11.3 Å². The van der Waals surface area contributed by atoms with E-state index in [-0.39, 0.29) is 36.2 Å². The fourth-order valence-electron chi connectivity index (χ4n) is 4.24. The van der Waals surface area contributed by atoms with E-state index in [0.29, 0.717) is 0 Å². The molecule has 7 nitrogen and oxygen atoms in total. The van der Waals surface area contributed by atoms with Crippen molar-refractivity contribution in [2.45, 2.75) is 77.7 Å². The van der Waals surface area contributed by atoms with Crippen LogP contribution >= 0.6 is 0 Å². The van der Waals surface area contributed by atoms with E-state index >= 15 is 0 Å². The van der Waals surface area contributed by atoms with Crippen molar-refractivity contribution in [1.82, 2.24) is 14.9 Å². The van der Waals surface area contributed by atoms with Crippen molar-refractivity contribution in [3.05, 3.63) is 36.3 Å². The Bertz CT molecular complexity index is 954. The topological polar surface area (TPSA) is 93.5 Å². The second-order valence-corrected chi connectivity index (χ2v) is 10.4. The summed E-state index contributed by atoms with van der Waals surface area (Å²) in [5.41, 5.74) is 8.34. The lowest BCUT2D eigenvalue weighted by Gasteiger charge is -2.32. The number of nitrogens with zero attached hydrogens (tertiary/aromatic N) is 2. The molecule has 1 aromatic carbocycles. The molecule has 2 aliphatic rings. The first-order valence-electron chi connectivity index (χ1n) is 11.6. The molecular formula is C24H35BN4O3. The zero-order valence-corrected chi connectivity index (χ0v) is 20.0. The molecule has 0 saturated carbocycles. The van der Waals surface area contributed by atoms with Crippen LogP contribution < -0.4 is 11.2 Å². The van der Waals surface area contributed by atoms with Gasteiger partial charge in [-0.15, -0.1) is 0 Å². The van der Waals surface area contributed by atoms with Crippen LogP contribution in [0.15, 0.2) is 30.5 Å². The maximum atomic E-state index is 12.8. The third-order valence-electron chi connectivity index (χ3n) is 7.20. The maximum Gasteiger partial charge on any atom is 0.494 e. The number of carbonyl (C=O) groups excluding carboxylic acids is 1. The molecule has 0 spiro atoms. The lowest BCUT2D eigenvalue weighted by atomic mass is 9.79. The quantitative estimate of drug-likeness (QED) is 0.700. The van der Waals surface area contributed by atoms with Crippen LogP contribution in [0.3, 0.4) is 0 Å². The van der Waals surface area contributed by atoms with E-state index in [1.165, 1.54) is 0 Å². The third-order valence-corrected chi connectivity index (χ3v) is 7.20. The predicted molar refractivity (Wildman–Crippen MR) is 126 cm³/mol. The maximum absolute atomic E-state index is 12.8. The zero-order valence-electron chi connectivity index (χ0n) is 20.0. The lowest BCUT2D eigenvalue weighted by Crippen LogP contribution is -2.46. The van der Waals surface area contributed by atoms with E-state index in [1.54, 1.807) is 0 Å². The summed E-state index contributed by atoms with van der Waals surface area (Å²) in [6, 6.07) is 7.63. The van der Waals surface area contributed by atoms with Gasteiger partial charge in [0.15, 0.2) is 0 Å². The summed E-state index contributed by atoms with van der Waals surface area (Å²) in [6.45, 7) is 12.9. The standard InChI is InChI=1S/C24H35BN4O3/c1-15(2)20(26)22(30)29-13-7-8-19(29)21-27-14-18(28-21)16-9-11-17(12-10-16)25-31-23(3,4)24(5,6)32-25/h9-12,14-15,19-20H,7-8,13,26H2,1-6H3,(H,27,28). The third kappa shape index (κ3) is 4.11. The number of carbonyl (C=O) groups is 1. The smallest absolute Gasteiger partial charge is 0.399 e. The van der Waals surface area contributed by atoms with E-state index < -0.39 is 6.04 Å². The van der Waals surface area contributed by atoms with Crippen LogP contribution in [0.4, 0.5) is 0 Å². The molecule has 1 aromatic heterocycles. The Hall–Kier alpha value is -2.16. The largest absolute Gasteiger partial charge is 0.494 e. The second-order valence-electron chi connectivity index (χ2n) is 10.4. The summed E-state index contributed by atoms with van der Waals surface area (Å²) in [7, 11) is -0.380. The fourth-order valence-corrected chi connectivity index (χ4v) is 4.24. The van der Waals surface area contributed by atoms with Gasteiger partial charge in [-0.1, -0.05) is 38.1 Å². The molecule has 2 aromatic rings. The molecule has 8 heteroatoms. The molecule has 172 valence electrons. The number of hydrogen-bond acceptors (Lipinski definition) is 5. The molecule has 2 saturated heterocycles. The number of rotatable bonds is 5. The first-order valence-corrected chi connectivity index (χ1v) is 11.6. The molecule has 0 aliphatic carbocycles. The number of imidazole rings is 1. The second kappa shape index (κ2) is 8.32. The van der Waals surface area contributed by atoms with Crippen molar-refractivity contribution in [3.63, 3.8) is 0 Å². The highest BCUT2D eigenvalue weighted by Gasteiger charge is 2.51. The predicted octanol–water partition coefficient (Wildman–Crippen LogP) is 3.02. The van der Waals surface area contributed by atoms with Gasteiger partial charge in [0.05, 0.1) is 35.2 Å². The van der Waals surface area contributed by atoms with Crippen LogP contribution in [0.5, 0.6) is 0 Å². The molecule has 0 bridgehead atoms. The van der Waals surface area contributed by atoms with Crippen LogP contribution in [0.1, 0.15) is 66.3 Å². The van der Waals surface area contributed by atoms with Crippen LogP contribution in [-0.4, -0.2) is 51.7 Å². The summed E-state index contributed by atoms with van der Waals surface area (Å²) < 4.78 is 12.3. The van der Waals surface area contributed by atoms with Crippen LogP contribution in [0, 0.1) is 5.92 Å². The van der Waals surface area contributed by atoms with Gasteiger partial charge in [-0.25, -0.2) is 4.98 Å². The van der Waals surface area contributed by atoms with Gasteiger partial charge in [0.1, 0.15) is 5.82 Å². The average Bonchev–Trinajstić information content (AvgIpc) is 3.45. The van der Waals surface area contributed by atoms with Crippen molar-refractivity contribution in [1.29, 1.82) is 0 Å². The van der Waals surface area contributed by atoms with Gasteiger partial charge in [0, 0.05) is 6.54 Å². The Kier molecular flexibility index (Phi) is 5.99. The monoisotopic (exact) mass is 438 g/mol. The highest BCUT2D eigenvalue weighted by atomic mass is 16.7. The Balaban J connectivity index is 1.49. The summed E-state index contributed by atoms with van der Waals surface area (Å²) in [4.78, 5) is 22.8. The number of likely N-dealkylation sites (tertiary alicyclic amines) is 1. The van der Waals surface area contributed by atoms with Crippen molar-refractivity contribution in [2.24, 2.45) is 11.7 Å². The summed E-state index contributed by atoms with van der Waals surface area (Å²) in [5.74, 6) is 0.933. The van der Waals surface area contributed by atoms with Crippen LogP contribution in [0.25, 0.3) is 11.3 Å². The molecule has 3 N–H and O–H groups in total. The Morgan fingerprint density at radius 1 is 1.19 bits per heavy atom. The molecule has 2 fully saturated rings. The van der Waals surface area contributed by atoms with E-state index in [4.69, 9.17) is 15.0 Å². The van der Waals surface area contributed by atoms with Gasteiger partial charge < -0.3 is 24.9 Å². The van der Waals surface area contributed by atoms with Crippen molar-refractivity contribution >= 4 is 18.5 Å². The molecule has 32 heavy (non-hydrogen) atoms. The van der Waals surface area contributed by atoms with Gasteiger partial charge in [-0.3, -0.25) is 4.79 Å². The van der Waals surface area contributed by atoms with Gasteiger partial charge in [-0.05, 0) is 57.5 Å². The molecular weight excluding hydrogens is 403 g/mol. The van der Waals surface area contributed by atoms with E-state index in [9.17, 15) is 4.79 Å². The number of nitrogens with one attached hydrogen (secondary N) is 1. The Labute approximate surface area is 191 Å². The minimum atomic E-state index is -0.479. The zero-order chi connectivity index (χ0) is 23.3. The highest BCUT2D eigenvalue weighted by molar-refractivity contribution is 6.62. The summed E-state index contributed by atoms with van der Waals surface area (Å²) in [5, 5.41) is 0. The molecule has 2 unspecified atom stereocenters. The van der Waals surface area contributed by atoms with Gasteiger partial charge in [0.25, 0.3) is 0 Å². The SMILES string of the molecule is CC(C)C(N)C(=O)N1CCCC1c1ncc(-c2ccc(B3OC(C)(C)C(C)(C)O3)cc2)[nH]1. The Morgan fingerprint density at radius 2 is 1.81 bits per heavy atom. The molecule has 2 aliphatic heterocycles. The van der Waals surface area contributed by atoms with Crippen molar-refractivity contribution < 1.29 is 14.1 Å². The van der Waals surface area contributed by atoms with E-state index in [2.05, 4.69) is 37.7 Å². The molecule has 0 radical (unpaired) electrons. The summed E-state index contributed by atoms with van der Waals surface area (Å²) in [6.07, 6.45) is 3.69. The normalized spacial score (nSPS) is 23.2. The van der Waals surface area contributed by atoms with Gasteiger partial charge in [0.2, 0.25) is 5.91 Å². The number of aromatic amines is 1. The number of benzene rings is 1. The number of H-pyrrole nitrogens is 1. The molecule has 3 heterocycles. The minimum absolute atomic E-state index is 0.00668. The number of aromatic nitrogens is 2. The average molecular weight is 438 g/mol. The molecule has 1 amide bonds. The number of nitrogens with two attached hydrogens (primary N) is 1. The first-order chi connectivity index (χ1) is 15.0. The van der Waals surface area contributed by atoms with Gasteiger partial charge >= 0.3 is 7.12 Å². The lowest BCUT2D eigenvalue weighted by molar-refractivity contribution is -0.134. The molecule has 4 rings (SSSR count). The van der Waals surface area contributed by atoms with Gasteiger partial charge in [-0.2, -0.15) is 0 Å². The highest BCUT2D eigenvalue weighted by Crippen LogP contribution is 2.37. The van der Waals surface area contributed by atoms with E-state index in [0.717, 1.165) is 41.9 Å². The van der Waals surface area contributed by atoms with Crippen molar-refractivity contribution in [2.75, 3.05) is 6.54 Å².